The van der Waals surface area contributed by atoms with Crippen LogP contribution in [0.25, 0.3) is 22.7 Å². The molecule has 0 saturated carbocycles. The number of aliphatic carboxylic acids is 2. The summed E-state index contributed by atoms with van der Waals surface area (Å²) >= 11 is 0. The van der Waals surface area contributed by atoms with Crippen molar-refractivity contribution in [1.29, 1.82) is 0 Å². The highest BCUT2D eigenvalue weighted by molar-refractivity contribution is 6.07. The van der Waals surface area contributed by atoms with Crippen molar-refractivity contribution in [2.45, 2.75) is 18.4 Å². The van der Waals surface area contributed by atoms with Crippen molar-refractivity contribution in [3.8, 4) is 34.3 Å². The van der Waals surface area contributed by atoms with Crippen molar-refractivity contribution in [2.75, 3.05) is 11.4 Å². The number of ether oxygens (including phenoxy) is 1. The average Bonchev–Trinajstić information content (AvgIpc) is 3.54. The van der Waals surface area contributed by atoms with E-state index in [0.29, 0.717) is 47.1 Å². The Bertz CT molecular complexity index is 1400. The van der Waals surface area contributed by atoms with Gasteiger partial charge in [0.05, 0.1) is 11.9 Å². The third-order valence-electron chi connectivity index (χ3n) is 6.10. The lowest BCUT2D eigenvalue weighted by atomic mass is 9.96. The monoisotopic (exact) mass is 489 g/mol. The molecule has 10 heteroatoms. The fourth-order valence-corrected chi connectivity index (χ4v) is 4.28. The van der Waals surface area contributed by atoms with Crippen LogP contribution in [-0.4, -0.2) is 44.2 Å². The summed E-state index contributed by atoms with van der Waals surface area (Å²) in [6.07, 6.45) is 3.24. The fourth-order valence-electron chi connectivity index (χ4n) is 4.28. The number of oxazole rings is 1. The summed E-state index contributed by atoms with van der Waals surface area (Å²) in [7, 11) is 0. The summed E-state index contributed by atoms with van der Waals surface area (Å²) in [6.45, 7) is 0.293. The van der Waals surface area contributed by atoms with Crippen molar-refractivity contribution in [3.05, 3.63) is 78.9 Å². The summed E-state index contributed by atoms with van der Waals surface area (Å²) in [4.78, 5) is 33.5. The maximum Gasteiger partial charge on any atom is 0.341 e. The van der Waals surface area contributed by atoms with Crippen molar-refractivity contribution in [3.63, 3.8) is 0 Å². The highest BCUT2D eigenvalue weighted by Crippen LogP contribution is 2.36. The number of anilines is 1. The number of carboxylic acids is 2. The Balaban J connectivity index is 1.29. The van der Waals surface area contributed by atoms with Gasteiger partial charge in [-0.2, -0.15) is 0 Å². The molecule has 1 aliphatic heterocycles. The molecule has 182 valence electrons. The van der Waals surface area contributed by atoms with Gasteiger partial charge in [0.15, 0.2) is 0 Å². The third-order valence-corrected chi connectivity index (χ3v) is 6.10. The van der Waals surface area contributed by atoms with Crippen LogP contribution in [0.3, 0.4) is 0 Å². The molecular weight excluding hydrogens is 469 g/mol. The molecule has 0 unspecified atom stereocenters. The van der Waals surface area contributed by atoms with E-state index in [-0.39, 0.29) is 18.1 Å². The smallest absolute Gasteiger partial charge is 0.341 e. The van der Waals surface area contributed by atoms with E-state index in [4.69, 9.17) is 9.15 Å². The summed E-state index contributed by atoms with van der Waals surface area (Å²) < 4.78 is 25.3. The summed E-state index contributed by atoms with van der Waals surface area (Å²) in [5, 5.41) is 19.2. The minimum absolute atomic E-state index is 0.00851. The Labute approximate surface area is 204 Å². The molecule has 3 heterocycles. The number of hydrogen-bond acceptors (Lipinski definition) is 7. The third kappa shape index (κ3) is 4.02. The van der Waals surface area contributed by atoms with Gasteiger partial charge >= 0.3 is 11.9 Å². The van der Waals surface area contributed by atoms with Gasteiger partial charge in [-0.05, 0) is 55.3 Å². The summed E-state index contributed by atoms with van der Waals surface area (Å²) in [5.74, 6) is -2.14. The molecule has 0 spiro atoms. The topological polar surface area (TPSA) is 126 Å². The molecule has 0 atom stereocenters. The van der Waals surface area contributed by atoms with E-state index in [0.717, 1.165) is 0 Å². The summed E-state index contributed by atoms with van der Waals surface area (Å²) in [6, 6.07) is 16.3. The Morgan fingerprint density at radius 3 is 2.44 bits per heavy atom. The van der Waals surface area contributed by atoms with Gasteiger partial charge in [0, 0.05) is 23.7 Å². The van der Waals surface area contributed by atoms with Crippen LogP contribution < -0.4 is 9.64 Å². The molecule has 0 radical (unpaired) electrons. The van der Waals surface area contributed by atoms with E-state index in [2.05, 4.69) is 9.97 Å². The zero-order chi connectivity index (χ0) is 25.3. The molecule has 4 aromatic rings. The second kappa shape index (κ2) is 9.14. The van der Waals surface area contributed by atoms with Crippen LogP contribution >= 0.6 is 0 Å². The van der Waals surface area contributed by atoms with Crippen LogP contribution in [0.1, 0.15) is 12.8 Å². The molecule has 1 aliphatic rings. The molecule has 1 saturated heterocycles. The standard InChI is InChI=1S/C26H20FN3O6/c27-20-5-2-1-4-19(20)21-15-35-23(29-21)16-6-9-18(10-7-16)36-22-11-8-17(14-28-22)30-13-3-12-26(30,24(31)32)25(33)34/h1-2,4-11,14-15H,3,12-13H2,(H,31,32)(H,33,34). The molecule has 2 aromatic carbocycles. The molecule has 0 aliphatic carbocycles. The zero-order valence-corrected chi connectivity index (χ0v) is 18.8. The Morgan fingerprint density at radius 1 is 1.03 bits per heavy atom. The van der Waals surface area contributed by atoms with Gasteiger partial charge < -0.3 is 24.3 Å². The predicted molar refractivity (Wildman–Crippen MR) is 126 cm³/mol. The minimum atomic E-state index is -2.01. The number of hydrogen-bond donors (Lipinski definition) is 2. The first-order valence-electron chi connectivity index (χ1n) is 11.1. The number of pyridine rings is 1. The lowest BCUT2D eigenvalue weighted by Gasteiger charge is -2.32. The maximum absolute atomic E-state index is 14.0. The van der Waals surface area contributed by atoms with Gasteiger partial charge in [0.2, 0.25) is 17.3 Å². The molecule has 2 aromatic heterocycles. The van der Waals surface area contributed by atoms with Crippen LogP contribution in [0, 0.1) is 5.82 Å². The molecule has 36 heavy (non-hydrogen) atoms. The number of carboxylic acid groups (broad SMARTS) is 2. The minimum Gasteiger partial charge on any atom is -0.479 e. The molecule has 0 amide bonds. The van der Waals surface area contributed by atoms with Gasteiger partial charge in [0.1, 0.15) is 23.5 Å². The SMILES string of the molecule is O=C(O)C1(C(=O)O)CCCN1c1ccc(Oc2ccc(-c3nc(-c4ccccc4F)co3)cc2)nc1. The number of halogens is 1. The van der Waals surface area contributed by atoms with Gasteiger partial charge in [-0.1, -0.05) is 12.1 Å². The lowest BCUT2D eigenvalue weighted by Crippen LogP contribution is -2.57. The van der Waals surface area contributed by atoms with E-state index >= 15 is 0 Å². The van der Waals surface area contributed by atoms with E-state index < -0.39 is 17.5 Å². The number of aromatic nitrogens is 2. The number of benzene rings is 2. The second-order valence-electron chi connectivity index (χ2n) is 8.22. The number of rotatable bonds is 7. The van der Waals surface area contributed by atoms with Gasteiger partial charge in [-0.25, -0.2) is 23.9 Å². The van der Waals surface area contributed by atoms with Gasteiger partial charge in [0.25, 0.3) is 0 Å². The lowest BCUT2D eigenvalue weighted by molar-refractivity contribution is -0.156. The van der Waals surface area contributed by atoms with E-state index in [1.54, 1.807) is 54.6 Å². The molecule has 1 fully saturated rings. The molecule has 0 bridgehead atoms. The predicted octanol–water partition coefficient (Wildman–Crippen LogP) is 4.84. The quantitative estimate of drug-likeness (QED) is 0.351. The van der Waals surface area contributed by atoms with E-state index in [9.17, 15) is 24.2 Å². The highest BCUT2D eigenvalue weighted by atomic mass is 19.1. The molecular formula is C26H20FN3O6. The van der Waals surface area contributed by atoms with E-state index in [1.807, 2.05) is 0 Å². The first-order valence-corrected chi connectivity index (χ1v) is 11.1. The van der Waals surface area contributed by atoms with Crippen molar-refractivity contribution in [2.24, 2.45) is 0 Å². The van der Waals surface area contributed by atoms with Crippen molar-refractivity contribution >= 4 is 17.6 Å². The van der Waals surface area contributed by atoms with Crippen molar-refractivity contribution < 1.29 is 33.3 Å². The van der Waals surface area contributed by atoms with Crippen LogP contribution in [0.5, 0.6) is 11.6 Å². The zero-order valence-electron chi connectivity index (χ0n) is 18.8. The van der Waals surface area contributed by atoms with Crippen LogP contribution in [-0.2, 0) is 9.59 Å². The summed E-state index contributed by atoms with van der Waals surface area (Å²) in [5.41, 5.74) is -0.220. The van der Waals surface area contributed by atoms with E-state index in [1.165, 1.54) is 23.4 Å². The molecule has 2 N–H and O–H groups in total. The van der Waals surface area contributed by atoms with Crippen LogP contribution in [0.4, 0.5) is 10.1 Å². The molecule has 5 rings (SSSR count). The number of nitrogens with zero attached hydrogens (tertiary/aromatic N) is 3. The average molecular weight is 489 g/mol. The largest absolute Gasteiger partial charge is 0.479 e. The van der Waals surface area contributed by atoms with Crippen LogP contribution in [0.15, 0.2) is 77.5 Å². The van der Waals surface area contributed by atoms with Gasteiger partial charge in [-0.3, -0.25) is 0 Å². The Hall–Kier alpha value is -4.73. The van der Waals surface area contributed by atoms with Crippen LogP contribution in [0.2, 0.25) is 0 Å². The first kappa shape index (κ1) is 23.0. The highest BCUT2D eigenvalue weighted by Gasteiger charge is 2.55. The Morgan fingerprint density at radius 2 is 1.78 bits per heavy atom. The normalized spacial score (nSPS) is 14.5. The maximum atomic E-state index is 14.0. The van der Waals surface area contributed by atoms with Gasteiger partial charge in [-0.15, -0.1) is 0 Å². The number of carbonyl (C=O) groups is 2. The first-order chi connectivity index (χ1) is 17.4. The Kier molecular flexibility index (Phi) is 5.85. The second-order valence-corrected chi connectivity index (χ2v) is 8.22. The van der Waals surface area contributed by atoms with Crippen molar-refractivity contribution in [1.82, 2.24) is 9.97 Å². The fraction of sp³-hybridized carbons (Fsp3) is 0.154. The molecule has 9 nitrogen and oxygen atoms in total.